The highest BCUT2D eigenvalue weighted by atomic mass is 32.1. The number of ketones is 1. The van der Waals surface area contributed by atoms with E-state index in [1.165, 1.54) is 24.4 Å². The van der Waals surface area contributed by atoms with Gasteiger partial charge in [0.2, 0.25) is 0 Å². The molecule has 76 valence electrons. The highest BCUT2D eigenvalue weighted by molar-refractivity contribution is 7.08. The van der Waals surface area contributed by atoms with Crippen molar-refractivity contribution in [2.45, 2.75) is 31.7 Å². The zero-order valence-corrected chi connectivity index (χ0v) is 8.85. The Bertz CT molecular complexity index is 289. The fraction of sp³-hybridized carbons (Fsp3) is 0.600. The number of carbonyl (C=O) groups is 1. The van der Waals surface area contributed by atoms with Gasteiger partial charge in [0.15, 0.2) is 5.78 Å². The van der Waals surface area contributed by atoms with Crippen molar-refractivity contribution < 1.29 is 4.79 Å². The summed E-state index contributed by atoms with van der Waals surface area (Å²) in [5.41, 5.74) is 0. The maximum atomic E-state index is 11.9. The predicted octanol–water partition coefficient (Wildman–Crippen LogP) is 1.86. The van der Waals surface area contributed by atoms with Gasteiger partial charge in [0, 0.05) is 6.20 Å². The predicted molar refractivity (Wildman–Crippen MR) is 56.7 cm³/mol. The van der Waals surface area contributed by atoms with E-state index >= 15 is 0 Å². The average molecular weight is 210 g/mol. The molecule has 2 rings (SSSR count). The summed E-state index contributed by atoms with van der Waals surface area (Å²) in [7, 11) is 0. The number of aromatic nitrogens is 1. The summed E-state index contributed by atoms with van der Waals surface area (Å²) >= 11 is 1.29. The lowest BCUT2D eigenvalue weighted by Gasteiger charge is -2.12. The van der Waals surface area contributed by atoms with Gasteiger partial charge in [0.25, 0.3) is 0 Å². The normalized spacial score (nSPS) is 23.0. The summed E-state index contributed by atoms with van der Waals surface area (Å²) in [5, 5.41) is 3.30. The van der Waals surface area contributed by atoms with Crippen molar-refractivity contribution in [3.05, 3.63) is 17.1 Å². The van der Waals surface area contributed by atoms with Crippen molar-refractivity contribution in [2.75, 3.05) is 6.54 Å². The highest BCUT2D eigenvalue weighted by Gasteiger charge is 2.21. The van der Waals surface area contributed by atoms with E-state index in [0.717, 1.165) is 24.3 Å². The molecule has 1 atom stereocenters. The van der Waals surface area contributed by atoms with Crippen LogP contribution in [0.15, 0.2) is 12.3 Å². The lowest BCUT2D eigenvalue weighted by Crippen LogP contribution is -2.35. The number of Topliss-reactive ketones (excluding diaryl/α,β-unsaturated/α-hetero) is 1. The third-order valence-electron chi connectivity index (χ3n) is 2.56. The largest absolute Gasteiger partial charge is 0.307 e. The number of rotatable bonds is 2. The van der Waals surface area contributed by atoms with Crippen molar-refractivity contribution in [2.24, 2.45) is 0 Å². The number of hydrogen-bond donors (Lipinski definition) is 1. The molecule has 1 aromatic rings. The highest BCUT2D eigenvalue weighted by Crippen LogP contribution is 2.15. The van der Waals surface area contributed by atoms with Gasteiger partial charge in [0.1, 0.15) is 0 Å². The second-order valence-electron chi connectivity index (χ2n) is 3.60. The van der Waals surface area contributed by atoms with Gasteiger partial charge in [0.05, 0.1) is 10.9 Å². The van der Waals surface area contributed by atoms with E-state index in [9.17, 15) is 4.79 Å². The van der Waals surface area contributed by atoms with Crippen molar-refractivity contribution in [1.82, 2.24) is 9.69 Å². The average Bonchev–Trinajstić information content (AvgIpc) is 2.59. The van der Waals surface area contributed by atoms with E-state index < -0.39 is 0 Å². The van der Waals surface area contributed by atoms with E-state index in [0.29, 0.717) is 0 Å². The molecule has 0 radical (unpaired) electrons. The Morgan fingerprint density at radius 1 is 1.50 bits per heavy atom. The van der Waals surface area contributed by atoms with Crippen molar-refractivity contribution in [3.8, 4) is 0 Å². The monoisotopic (exact) mass is 210 g/mol. The zero-order valence-electron chi connectivity index (χ0n) is 8.03. The van der Waals surface area contributed by atoms with Crippen LogP contribution in [0, 0.1) is 0 Å². The molecule has 3 nitrogen and oxygen atoms in total. The molecule has 2 heterocycles. The lowest BCUT2D eigenvalue weighted by molar-refractivity contribution is 0.0945. The molecule has 0 aromatic carbocycles. The first-order chi connectivity index (χ1) is 6.88. The van der Waals surface area contributed by atoms with Gasteiger partial charge in [-0.05, 0) is 37.0 Å². The Morgan fingerprint density at radius 2 is 2.43 bits per heavy atom. The van der Waals surface area contributed by atoms with Crippen LogP contribution in [0.3, 0.4) is 0 Å². The first-order valence-corrected chi connectivity index (χ1v) is 5.83. The zero-order chi connectivity index (χ0) is 9.80. The van der Waals surface area contributed by atoms with Crippen molar-refractivity contribution in [3.63, 3.8) is 0 Å². The van der Waals surface area contributed by atoms with Crippen LogP contribution in [0.4, 0.5) is 0 Å². The van der Waals surface area contributed by atoms with E-state index in [-0.39, 0.29) is 11.8 Å². The summed E-state index contributed by atoms with van der Waals surface area (Å²) in [6.07, 6.45) is 6.24. The minimum absolute atomic E-state index is 0.0259. The molecule has 0 saturated carbocycles. The molecule has 1 aliphatic rings. The summed E-state index contributed by atoms with van der Waals surface area (Å²) in [5.74, 6) is 0.217. The molecule has 1 unspecified atom stereocenters. The maximum absolute atomic E-state index is 11.9. The Morgan fingerprint density at radius 3 is 3.21 bits per heavy atom. The molecule has 1 aliphatic heterocycles. The Kier molecular flexibility index (Phi) is 3.26. The lowest BCUT2D eigenvalue weighted by atomic mass is 10.1. The van der Waals surface area contributed by atoms with Crippen LogP contribution in [0.25, 0.3) is 0 Å². The SMILES string of the molecule is O=C(c1ccns1)C1CCCCCN1. The van der Waals surface area contributed by atoms with Gasteiger partial charge in [-0.1, -0.05) is 12.8 Å². The van der Waals surface area contributed by atoms with Gasteiger partial charge < -0.3 is 5.32 Å². The van der Waals surface area contributed by atoms with Crippen LogP contribution < -0.4 is 5.32 Å². The molecule has 1 fully saturated rings. The molecular formula is C10H14N2OS. The quantitative estimate of drug-likeness (QED) is 0.758. The summed E-state index contributed by atoms with van der Waals surface area (Å²) in [6, 6.07) is 1.83. The topological polar surface area (TPSA) is 42.0 Å². The number of nitrogens with one attached hydrogen (secondary N) is 1. The van der Waals surface area contributed by atoms with Crippen molar-refractivity contribution in [1.29, 1.82) is 0 Å². The van der Waals surface area contributed by atoms with Crippen LogP contribution in [-0.4, -0.2) is 22.7 Å². The van der Waals surface area contributed by atoms with Gasteiger partial charge >= 0.3 is 0 Å². The van der Waals surface area contributed by atoms with Crippen molar-refractivity contribution >= 4 is 17.3 Å². The fourth-order valence-electron chi connectivity index (χ4n) is 1.77. The van der Waals surface area contributed by atoms with Gasteiger partial charge in [-0.25, -0.2) is 4.37 Å². The van der Waals surface area contributed by atoms with Crippen LogP contribution >= 0.6 is 11.5 Å². The summed E-state index contributed by atoms with van der Waals surface area (Å²) in [6.45, 7) is 0.967. The van der Waals surface area contributed by atoms with Crippen LogP contribution in [0.2, 0.25) is 0 Å². The molecule has 0 spiro atoms. The van der Waals surface area contributed by atoms with E-state index in [1.54, 1.807) is 12.3 Å². The Balaban J connectivity index is 2.03. The third-order valence-corrected chi connectivity index (χ3v) is 3.32. The summed E-state index contributed by atoms with van der Waals surface area (Å²) < 4.78 is 3.95. The minimum atomic E-state index is 0.0259. The first-order valence-electron chi connectivity index (χ1n) is 5.06. The number of hydrogen-bond acceptors (Lipinski definition) is 4. The molecule has 0 aliphatic carbocycles. The fourth-order valence-corrected chi connectivity index (χ4v) is 2.36. The van der Waals surface area contributed by atoms with Crippen LogP contribution in [0.5, 0.6) is 0 Å². The maximum Gasteiger partial charge on any atom is 0.191 e. The van der Waals surface area contributed by atoms with Gasteiger partial charge in [-0.15, -0.1) is 0 Å². The molecule has 14 heavy (non-hydrogen) atoms. The molecule has 0 amide bonds. The number of carbonyl (C=O) groups excluding carboxylic acids is 1. The molecule has 1 saturated heterocycles. The van der Waals surface area contributed by atoms with Crippen LogP contribution in [-0.2, 0) is 0 Å². The van der Waals surface area contributed by atoms with Gasteiger partial charge in [-0.3, -0.25) is 4.79 Å². The first kappa shape index (κ1) is 9.80. The molecular weight excluding hydrogens is 196 g/mol. The smallest absolute Gasteiger partial charge is 0.191 e. The van der Waals surface area contributed by atoms with E-state index in [1.807, 2.05) is 0 Å². The second-order valence-corrected chi connectivity index (χ2v) is 4.43. The Labute approximate surface area is 87.7 Å². The minimum Gasteiger partial charge on any atom is -0.307 e. The second kappa shape index (κ2) is 4.66. The Hall–Kier alpha value is -0.740. The summed E-state index contributed by atoms with van der Waals surface area (Å²) in [4.78, 5) is 12.7. The number of nitrogens with zero attached hydrogens (tertiary/aromatic N) is 1. The van der Waals surface area contributed by atoms with E-state index in [2.05, 4.69) is 9.69 Å². The molecule has 1 aromatic heterocycles. The third kappa shape index (κ3) is 2.19. The standard InChI is InChI=1S/C10H14N2OS/c13-10(9-5-7-12-14-9)8-4-2-1-3-6-11-8/h5,7-8,11H,1-4,6H2. The molecule has 4 heteroatoms. The van der Waals surface area contributed by atoms with Crippen LogP contribution in [0.1, 0.15) is 35.4 Å². The molecule has 0 bridgehead atoms. The van der Waals surface area contributed by atoms with Gasteiger partial charge in [-0.2, -0.15) is 0 Å². The molecule has 1 N–H and O–H groups in total. The van der Waals surface area contributed by atoms with E-state index in [4.69, 9.17) is 0 Å².